The third-order valence-electron chi connectivity index (χ3n) is 9.98. The maximum atomic E-state index is 14.0. The van der Waals surface area contributed by atoms with Crippen LogP contribution in [0.2, 0.25) is 0 Å². The first-order valence-electron chi connectivity index (χ1n) is 17.7. The van der Waals surface area contributed by atoms with Gasteiger partial charge in [-0.15, -0.1) is 0 Å². The molecule has 2 aromatic carbocycles. The van der Waals surface area contributed by atoms with Gasteiger partial charge in [0.25, 0.3) is 5.91 Å². The summed E-state index contributed by atoms with van der Waals surface area (Å²) in [5.41, 5.74) is 1.07. The highest BCUT2D eigenvalue weighted by atomic mass is 32.2. The van der Waals surface area contributed by atoms with E-state index in [9.17, 15) is 26.4 Å². The fourth-order valence-electron chi connectivity index (χ4n) is 6.99. The third-order valence-corrected chi connectivity index (χ3v) is 10.6. The number of nitrogens with one attached hydrogen (secondary N) is 4. The largest absolute Gasteiger partial charge is 0.495 e. The van der Waals surface area contributed by atoms with E-state index in [2.05, 4.69) is 40.4 Å². The fraction of sp³-hybridized carbons (Fsp3) is 0.528. The van der Waals surface area contributed by atoms with Gasteiger partial charge in [-0.25, -0.2) is 13.4 Å². The van der Waals surface area contributed by atoms with Crippen molar-refractivity contribution in [2.45, 2.75) is 70.3 Å². The van der Waals surface area contributed by atoms with E-state index >= 15 is 0 Å². The number of aromatic nitrogens is 2. The topological polar surface area (TPSA) is 141 Å². The molecule has 3 aliphatic rings. The SMILES string of the molecule is COc1cc(C(=O)NC2CCC(N3CCN(CC4CC4)CC3)CC2)ccc1Nc1ncc(C(F)(F)F)c(NCc2ccc(C)cc2NS(C)(=O)=O)n1. The smallest absolute Gasteiger partial charge is 0.421 e. The lowest BCUT2D eigenvalue weighted by Crippen LogP contribution is -2.52. The molecular formula is C36H47F3N8O4S. The predicted molar refractivity (Wildman–Crippen MR) is 195 cm³/mol. The zero-order valence-corrected chi connectivity index (χ0v) is 30.5. The van der Waals surface area contributed by atoms with E-state index in [1.165, 1.54) is 26.5 Å². The van der Waals surface area contributed by atoms with Gasteiger partial charge in [0.1, 0.15) is 17.1 Å². The van der Waals surface area contributed by atoms with E-state index in [-0.39, 0.29) is 35.9 Å². The second-order valence-corrected chi connectivity index (χ2v) is 15.9. The molecule has 12 nitrogen and oxygen atoms in total. The minimum absolute atomic E-state index is 0.0771. The number of methoxy groups -OCH3 is 1. The number of rotatable bonds is 13. The van der Waals surface area contributed by atoms with Crippen molar-refractivity contribution in [3.63, 3.8) is 0 Å². The van der Waals surface area contributed by atoms with Gasteiger partial charge in [0.05, 0.1) is 24.7 Å². The van der Waals surface area contributed by atoms with Gasteiger partial charge >= 0.3 is 6.18 Å². The molecular weight excluding hydrogens is 698 g/mol. The average Bonchev–Trinajstić information content (AvgIpc) is 3.92. The summed E-state index contributed by atoms with van der Waals surface area (Å²) in [6, 6.07) is 10.4. The van der Waals surface area contributed by atoms with Crippen LogP contribution in [0.4, 0.5) is 36.3 Å². The Bertz CT molecular complexity index is 1840. The molecule has 16 heteroatoms. The molecule has 0 atom stereocenters. The van der Waals surface area contributed by atoms with Crippen LogP contribution in [0, 0.1) is 12.8 Å². The number of amides is 1. The molecule has 0 radical (unpaired) electrons. The Balaban J connectivity index is 1.07. The number of sulfonamides is 1. The zero-order valence-electron chi connectivity index (χ0n) is 29.7. The zero-order chi connectivity index (χ0) is 37.0. The number of carbonyl (C=O) groups is 1. The summed E-state index contributed by atoms with van der Waals surface area (Å²) in [7, 11) is -2.21. The van der Waals surface area contributed by atoms with E-state index in [4.69, 9.17) is 4.74 Å². The minimum atomic E-state index is -4.77. The lowest BCUT2D eigenvalue weighted by molar-refractivity contribution is -0.137. The highest BCUT2D eigenvalue weighted by Gasteiger charge is 2.36. The molecule has 4 N–H and O–H groups in total. The predicted octanol–water partition coefficient (Wildman–Crippen LogP) is 5.61. The van der Waals surface area contributed by atoms with Gasteiger partial charge in [-0.2, -0.15) is 18.2 Å². The maximum absolute atomic E-state index is 14.0. The number of piperazine rings is 1. The second kappa shape index (κ2) is 15.8. The van der Waals surface area contributed by atoms with Crippen molar-refractivity contribution in [3.8, 4) is 5.75 Å². The summed E-state index contributed by atoms with van der Waals surface area (Å²) in [6.07, 6.45) is 3.59. The molecule has 6 rings (SSSR count). The van der Waals surface area contributed by atoms with Gasteiger partial charge in [-0.1, -0.05) is 12.1 Å². The summed E-state index contributed by atoms with van der Waals surface area (Å²) < 4.78 is 73.6. The van der Waals surface area contributed by atoms with E-state index in [0.29, 0.717) is 29.1 Å². The van der Waals surface area contributed by atoms with Crippen molar-refractivity contribution < 1.29 is 31.1 Å². The van der Waals surface area contributed by atoms with Crippen molar-refractivity contribution in [2.24, 2.45) is 5.92 Å². The fourth-order valence-corrected chi connectivity index (χ4v) is 7.58. The molecule has 0 bridgehead atoms. The Hall–Kier alpha value is -4.15. The van der Waals surface area contributed by atoms with E-state index < -0.39 is 27.6 Å². The number of aryl methyl sites for hydroxylation is 1. The van der Waals surface area contributed by atoms with E-state index in [0.717, 1.165) is 69.6 Å². The van der Waals surface area contributed by atoms with Gasteiger partial charge in [0.2, 0.25) is 16.0 Å². The Morgan fingerprint density at radius 3 is 2.37 bits per heavy atom. The van der Waals surface area contributed by atoms with Crippen LogP contribution in [0.3, 0.4) is 0 Å². The van der Waals surface area contributed by atoms with Gasteiger partial charge < -0.3 is 25.6 Å². The number of alkyl halides is 3. The summed E-state index contributed by atoms with van der Waals surface area (Å²) >= 11 is 0. The van der Waals surface area contributed by atoms with Crippen molar-refractivity contribution in [2.75, 3.05) is 61.4 Å². The number of benzene rings is 2. The minimum Gasteiger partial charge on any atom is -0.495 e. The lowest BCUT2D eigenvalue weighted by Gasteiger charge is -2.42. The van der Waals surface area contributed by atoms with Crippen LogP contribution in [0.15, 0.2) is 42.6 Å². The Morgan fingerprint density at radius 2 is 1.71 bits per heavy atom. The second-order valence-electron chi connectivity index (χ2n) is 14.1. The quantitative estimate of drug-likeness (QED) is 0.175. The van der Waals surface area contributed by atoms with Gasteiger partial charge in [0.15, 0.2) is 0 Å². The van der Waals surface area contributed by atoms with Crippen molar-refractivity contribution in [1.82, 2.24) is 25.1 Å². The number of ether oxygens (including phenoxy) is 1. The van der Waals surface area contributed by atoms with Crippen molar-refractivity contribution >= 4 is 39.1 Å². The average molecular weight is 745 g/mol. The Kier molecular flexibility index (Phi) is 11.5. The van der Waals surface area contributed by atoms with Crippen LogP contribution >= 0.6 is 0 Å². The van der Waals surface area contributed by atoms with Crippen LogP contribution < -0.4 is 25.4 Å². The normalized spacial score (nSPS) is 20.3. The molecule has 2 heterocycles. The lowest BCUT2D eigenvalue weighted by atomic mass is 9.89. The third kappa shape index (κ3) is 10.0. The Labute approximate surface area is 303 Å². The van der Waals surface area contributed by atoms with Gasteiger partial charge in [-0.3, -0.25) is 14.4 Å². The standard InChI is InChI=1S/C36H47F3N8O4S/c1-23-4-7-26(31(18-23)45-52(3,49)50)20-40-33-29(36(37,38)39)21-41-35(44-33)43-30-13-8-25(19-32(30)51-2)34(48)42-27-9-11-28(12-10-27)47-16-14-46(15-17-47)22-24-5-6-24/h4,7-8,13,18-19,21,24,27-28,45H,5-6,9-12,14-17,20,22H2,1-3H3,(H,42,48)(H2,40,41,43,44). The van der Waals surface area contributed by atoms with E-state index in [1.807, 2.05) is 0 Å². The Morgan fingerprint density at radius 1 is 0.981 bits per heavy atom. The molecule has 1 amide bonds. The van der Waals surface area contributed by atoms with Crippen molar-refractivity contribution in [3.05, 3.63) is 64.8 Å². The number of anilines is 4. The number of halogens is 3. The number of nitrogens with zero attached hydrogens (tertiary/aromatic N) is 4. The van der Waals surface area contributed by atoms with Crippen molar-refractivity contribution in [1.29, 1.82) is 0 Å². The molecule has 2 aliphatic carbocycles. The number of hydrogen-bond acceptors (Lipinski definition) is 10. The first kappa shape index (κ1) is 37.6. The number of carbonyl (C=O) groups excluding carboxylic acids is 1. The van der Waals surface area contributed by atoms with E-state index in [1.54, 1.807) is 43.3 Å². The first-order valence-corrected chi connectivity index (χ1v) is 19.6. The molecule has 3 aromatic rings. The van der Waals surface area contributed by atoms with Gasteiger partial charge in [-0.05, 0) is 86.8 Å². The molecule has 0 spiro atoms. The summed E-state index contributed by atoms with van der Waals surface area (Å²) in [5, 5.41) is 8.77. The van der Waals surface area contributed by atoms with Gasteiger partial charge in [0, 0.05) is 63.1 Å². The molecule has 0 unspecified atom stereocenters. The summed E-state index contributed by atoms with van der Waals surface area (Å²) in [4.78, 5) is 26.5. The van der Waals surface area contributed by atoms with Crippen LogP contribution in [0.1, 0.15) is 65.6 Å². The van der Waals surface area contributed by atoms with Crippen LogP contribution in [0.5, 0.6) is 5.75 Å². The molecule has 1 aromatic heterocycles. The maximum Gasteiger partial charge on any atom is 0.421 e. The molecule has 3 fully saturated rings. The van der Waals surface area contributed by atoms with Crippen LogP contribution in [-0.2, 0) is 22.7 Å². The highest BCUT2D eigenvalue weighted by molar-refractivity contribution is 7.92. The molecule has 2 saturated carbocycles. The number of hydrogen-bond donors (Lipinski definition) is 4. The monoisotopic (exact) mass is 744 g/mol. The molecule has 282 valence electrons. The summed E-state index contributed by atoms with van der Waals surface area (Å²) in [6.45, 7) is 7.37. The van der Waals surface area contributed by atoms with Crippen LogP contribution in [-0.4, -0.2) is 92.3 Å². The molecule has 52 heavy (non-hydrogen) atoms. The highest BCUT2D eigenvalue weighted by Crippen LogP contribution is 2.36. The summed E-state index contributed by atoms with van der Waals surface area (Å²) in [5.74, 6) is 0.330. The first-order chi connectivity index (χ1) is 24.7. The molecule has 1 saturated heterocycles. The van der Waals surface area contributed by atoms with Crippen LogP contribution in [0.25, 0.3) is 0 Å². The molecule has 1 aliphatic heterocycles.